The van der Waals surface area contributed by atoms with Crippen molar-refractivity contribution in [3.05, 3.63) is 65.9 Å². The zero-order valence-corrected chi connectivity index (χ0v) is 13.2. The molecule has 0 aliphatic heterocycles. The Morgan fingerprint density at radius 2 is 1.78 bits per heavy atom. The molecule has 0 radical (unpaired) electrons. The summed E-state index contributed by atoms with van der Waals surface area (Å²) in [5.41, 5.74) is 2.15. The molecule has 5 nitrogen and oxygen atoms in total. The molecule has 0 bridgehead atoms. The first kappa shape index (κ1) is 15.3. The summed E-state index contributed by atoms with van der Waals surface area (Å²) in [6.07, 6.45) is 1.40. The van der Waals surface area contributed by atoms with Gasteiger partial charge in [0.1, 0.15) is 0 Å². The first-order chi connectivity index (χ1) is 10.9. The van der Waals surface area contributed by atoms with E-state index in [0.717, 1.165) is 5.56 Å². The molecule has 0 unspecified atom stereocenters. The molecule has 0 fully saturated rings. The summed E-state index contributed by atoms with van der Waals surface area (Å²) in [6, 6.07) is 13.3. The van der Waals surface area contributed by atoms with Gasteiger partial charge in [-0.25, -0.2) is 12.4 Å². The number of hydrogen-bond donors (Lipinski definition) is 1. The predicted molar refractivity (Wildman–Crippen MR) is 87.0 cm³/mol. The Morgan fingerprint density at radius 3 is 2.43 bits per heavy atom. The molecular formula is C17H15NO4S. The molecule has 0 spiro atoms. The summed E-state index contributed by atoms with van der Waals surface area (Å²) < 4.78 is 26.7. The summed E-state index contributed by atoms with van der Waals surface area (Å²) in [4.78, 5) is 11.0. The Bertz CT molecular complexity index is 985. The highest BCUT2D eigenvalue weighted by Gasteiger charge is 2.18. The van der Waals surface area contributed by atoms with Gasteiger partial charge in [0.2, 0.25) is 0 Å². The van der Waals surface area contributed by atoms with Crippen LogP contribution in [0, 0.1) is 6.92 Å². The van der Waals surface area contributed by atoms with E-state index in [1.54, 1.807) is 48.5 Å². The molecule has 1 aromatic heterocycles. The molecule has 0 aliphatic carbocycles. The second kappa shape index (κ2) is 5.55. The zero-order chi connectivity index (χ0) is 16.6. The average molecular weight is 329 g/mol. The lowest BCUT2D eigenvalue weighted by molar-refractivity contribution is -0.136. The Hall–Kier alpha value is -2.60. The first-order valence-corrected chi connectivity index (χ1v) is 8.46. The van der Waals surface area contributed by atoms with Crippen molar-refractivity contribution in [2.75, 3.05) is 0 Å². The first-order valence-electron chi connectivity index (χ1n) is 7.02. The minimum Gasteiger partial charge on any atom is -0.481 e. The molecule has 1 N–H and O–H groups in total. The van der Waals surface area contributed by atoms with Crippen LogP contribution in [0.1, 0.15) is 11.1 Å². The lowest BCUT2D eigenvalue weighted by Crippen LogP contribution is -2.11. The van der Waals surface area contributed by atoms with E-state index < -0.39 is 16.0 Å². The normalized spacial score (nSPS) is 11.7. The van der Waals surface area contributed by atoms with Crippen molar-refractivity contribution in [2.45, 2.75) is 18.2 Å². The van der Waals surface area contributed by atoms with E-state index in [1.807, 2.05) is 6.92 Å². The van der Waals surface area contributed by atoms with Crippen LogP contribution in [0.2, 0.25) is 0 Å². The van der Waals surface area contributed by atoms with E-state index in [2.05, 4.69) is 0 Å². The molecule has 0 amide bonds. The van der Waals surface area contributed by atoms with E-state index >= 15 is 0 Å². The monoisotopic (exact) mass is 329 g/mol. The summed E-state index contributed by atoms with van der Waals surface area (Å²) in [6.45, 7) is 1.89. The number of hydrogen-bond acceptors (Lipinski definition) is 3. The molecule has 2 aromatic carbocycles. The van der Waals surface area contributed by atoms with E-state index in [-0.39, 0.29) is 11.3 Å². The van der Waals surface area contributed by atoms with Crippen LogP contribution in [0.4, 0.5) is 0 Å². The maximum atomic E-state index is 12.8. The van der Waals surface area contributed by atoms with Gasteiger partial charge in [0, 0.05) is 11.6 Å². The number of carbonyl (C=O) groups is 1. The standard InChI is InChI=1S/C17H15NO4S/c1-12-2-5-15(6-3-12)23(21,22)18-9-8-14-10-13(11-17(19)20)4-7-16(14)18/h2-10H,11H2,1H3,(H,19,20). The molecule has 23 heavy (non-hydrogen) atoms. The highest BCUT2D eigenvalue weighted by molar-refractivity contribution is 7.90. The largest absolute Gasteiger partial charge is 0.481 e. The van der Waals surface area contributed by atoms with Crippen LogP contribution in [0.15, 0.2) is 59.6 Å². The van der Waals surface area contributed by atoms with Crippen molar-refractivity contribution in [1.82, 2.24) is 3.97 Å². The maximum absolute atomic E-state index is 12.8. The van der Waals surface area contributed by atoms with Crippen molar-refractivity contribution in [2.24, 2.45) is 0 Å². The van der Waals surface area contributed by atoms with Crippen LogP contribution in [0.3, 0.4) is 0 Å². The smallest absolute Gasteiger partial charge is 0.307 e. The zero-order valence-electron chi connectivity index (χ0n) is 12.4. The fourth-order valence-electron chi connectivity index (χ4n) is 2.48. The molecule has 3 aromatic rings. The topological polar surface area (TPSA) is 76.4 Å². The predicted octanol–water partition coefficient (Wildman–Crippen LogP) is 2.81. The molecule has 0 saturated carbocycles. The van der Waals surface area contributed by atoms with Crippen LogP contribution in [0.25, 0.3) is 10.9 Å². The van der Waals surface area contributed by atoms with Gasteiger partial charge in [0.25, 0.3) is 10.0 Å². The van der Waals surface area contributed by atoms with Gasteiger partial charge in [0.05, 0.1) is 16.8 Å². The number of rotatable bonds is 4. The Labute approximate surface area is 133 Å². The lowest BCUT2D eigenvalue weighted by Gasteiger charge is -2.08. The quantitative estimate of drug-likeness (QED) is 0.798. The molecule has 1 heterocycles. The van der Waals surface area contributed by atoms with E-state index in [1.165, 1.54) is 10.2 Å². The maximum Gasteiger partial charge on any atom is 0.307 e. The minimum atomic E-state index is -3.67. The van der Waals surface area contributed by atoms with Crippen molar-refractivity contribution >= 4 is 26.9 Å². The van der Waals surface area contributed by atoms with Crippen LogP contribution < -0.4 is 0 Å². The van der Waals surface area contributed by atoms with E-state index in [0.29, 0.717) is 16.5 Å². The van der Waals surface area contributed by atoms with Gasteiger partial charge in [-0.2, -0.15) is 0 Å². The van der Waals surface area contributed by atoms with Gasteiger partial charge in [-0.1, -0.05) is 23.8 Å². The molecule has 0 saturated heterocycles. The Morgan fingerprint density at radius 1 is 1.09 bits per heavy atom. The van der Waals surface area contributed by atoms with Crippen molar-refractivity contribution < 1.29 is 18.3 Å². The van der Waals surface area contributed by atoms with Gasteiger partial charge >= 0.3 is 5.97 Å². The number of aryl methyl sites for hydroxylation is 1. The summed E-state index contributed by atoms with van der Waals surface area (Å²) in [7, 11) is -3.67. The van der Waals surface area contributed by atoms with Gasteiger partial charge < -0.3 is 5.11 Å². The summed E-state index contributed by atoms with van der Waals surface area (Å²) >= 11 is 0. The van der Waals surface area contributed by atoms with Gasteiger partial charge in [-0.05, 0) is 42.8 Å². The van der Waals surface area contributed by atoms with Gasteiger partial charge in [-0.15, -0.1) is 0 Å². The third-order valence-corrected chi connectivity index (χ3v) is 5.36. The van der Waals surface area contributed by atoms with Crippen LogP contribution in [-0.4, -0.2) is 23.5 Å². The average Bonchev–Trinajstić information content (AvgIpc) is 2.91. The third-order valence-electron chi connectivity index (χ3n) is 3.65. The molecular weight excluding hydrogens is 314 g/mol. The van der Waals surface area contributed by atoms with Crippen molar-refractivity contribution in [1.29, 1.82) is 0 Å². The van der Waals surface area contributed by atoms with Gasteiger partial charge in [0.15, 0.2) is 0 Å². The van der Waals surface area contributed by atoms with Crippen molar-refractivity contribution in [3.63, 3.8) is 0 Å². The number of nitrogens with zero attached hydrogens (tertiary/aromatic N) is 1. The summed E-state index contributed by atoms with van der Waals surface area (Å²) in [5, 5.41) is 9.54. The number of aliphatic carboxylic acids is 1. The Kier molecular flexibility index (Phi) is 3.69. The van der Waals surface area contributed by atoms with Crippen LogP contribution in [0.5, 0.6) is 0 Å². The number of aromatic nitrogens is 1. The SMILES string of the molecule is Cc1ccc(S(=O)(=O)n2ccc3cc(CC(=O)O)ccc32)cc1. The van der Waals surface area contributed by atoms with Gasteiger partial charge in [-0.3, -0.25) is 4.79 Å². The number of fused-ring (bicyclic) bond motifs is 1. The van der Waals surface area contributed by atoms with Crippen LogP contribution >= 0.6 is 0 Å². The Balaban J connectivity index is 2.09. The number of carboxylic acids is 1. The lowest BCUT2D eigenvalue weighted by atomic mass is 10.1. The van der Waals surface area contributed by atoms with E-state index in [4.69, 9.17) is 5.11 Å². The van der Waals surface area contributed by atoms with Crippen LogP contribution in [-0.2, 0) is 21.2 Å². The third kappa shape index (κ3) is 2.85. The molecule has 0 atom stereocenters. The van der Waals surface area contributed by atoms with Crippen molar-refractivity contribution in [3.8, 4) is 0 Å². The molecule has 118 valence electrons. The number of carboxylic acid groups (broad SMARTS) is 1. The molecule has 3 rings (SSSR count). The fraction of sp³-hybridized carbons (Fsp3) is 0.118. The second-order valence-electron chi connectivity index (χ2n) is 5.39. The molecule has 0 aliphatic rings. The minimum absolute atomic E-state index is 0.0914. The molecule has 6 heteroatoms. The highest BCUT2D eigenvalue weighted by Crippen LogP contribution is 2.23. The van der Waals surface area contributed by atoms with E-state index in [9.17, 15) is 13.2 Å². The highest BCUT2D eigenvalue weighted by atomic mass is 32.2. The summed E-state index contributed by atoms with van der Waals surface area (Å²) in [5.74, 6) is -0.920. The fourth-order valence-corrected chi connectivity index (χ4v) is 3.84. The number of benzene rings is 2. The second-order valence-corrected chi connectivity index (χ2v) is 7.21.